The predicted molar refractivity (Wildman–Crippen MR) is 54.6 cm³/mol. The van der Waals surface area contributed by atoms with E-state index in [1.807, 2.05) is 0 Å². The van der Waals surface area contributed by atoms with Gasteiger partial charge in [0.1, 0.15) is 0 Å². The number of rotatable bonds is 1. The summed E-state index contributed by atoms with van der Waals surface area (Å²) in [5, 5.41) is 2.28. The van der Waals surface area contributed by atoms with Crippen molar-refractivity contribution in [1.29, 1.82) is 0 Å². The zero-order chi connectivity index (χ0) is 11.7. The van der Waals surface area contributed by atoms with Gasteiger partial charge in [0.15, 0.2) is 11.6 Å². The predicted octanol–water partition coefficient (Wildman–Crippen LogP) is 0.337. The lowest BCUT2D eigenvalue weighted by Crippen LogP contribution is -2.52. The van der Waals surface area contributed by atoms with E-state index in [0.29, 0.717) is 0 Å². The largest absolute Gasteiger partial charge is 0.336 e. The van der Waals surface area contributed by atoms with E-state index < -0.39 is 17.6 Å². The second-order valence-corrected chi connectivity index (χ2v) is 3.72. The molecule has 5 nitrogen and oxygen atoms in total. The monoisotopic (exact) mass is 243 g/mol. The van der Waals surface area contributed by atoms with Gasteiger partial charge in [0, 0.05) is 6.20 Å². The summed E-state index contributed by atoms with van der Waals surface area (Å²) >= 11 is 5.55. The van der Waals surface area contributed by atoms with E-state index in [0.717, 1.165) is 6.07 Å². The molecule has 1 fully saturated rings. The number of hydrogen-bond donors (Lipinski definition) is 1. The Labute approximate surface area is 95.2 Å². The minimum atomic E-state index is -0.657. The molecule has 1 N–H and O–H groups in total. The highest BCUT2D eigenvalue weighted by molar-refractivity contribution is 6.30. The first-order valence-electron chi connectivity index (χ1n) is 4.45. The lowest BCUT2D eigenvalue weighted by atomic mass is 10.3. The van der Waals surface area contributed by atoms with Crippen LogP contribution in [0.1, 0.15) is 0 Å². The third-order valence-electron chi connectivity index (χ3n) is 2.04. The fourth-order valence-electron chi connectivity index (χ4n) is 1.43. The summed E-state index contributed by atoms with van der Waals surface area (Å²) in [5.41, 5.74) is 0. The highest BCUT2D eigenvalue weighted by atomic mass is 35.5. The van der Waals surface area contributed by atoms with Crippen molar-refractivity contribution in [3.8, 4) is 0 Å². The molecular weight excluding hydrogens is 237 g/mol. The lowest BCUT2D eigenvalue weighted by Gasteiger charge is -2.26. The maximum Gasteiger partial charge on any atom is 0.246 e. The van der Waals surface area contributed by atoms with E-state index in [-0.39, 0.29) is 23.9 Å². The minimum absolute atomic E-state index is 0.0485. The fraction of sp³-hybridized carbons (Fsp3) is 0.222. The third-order valence-corrected chi connectivity index (χ3v) is 2.24. The van der Waals surface area contributed by atoms with Crippen molar-refractivity contribution in [2.24, 2.45) is 0 Å². The van der Waals surface area contributed by atoms with Gasteiger partial charge in [0.2, 0.25) is 11.8 Å². The van der Waals surface area contributed by atoms with Crippen LogP contribution in [0.25, 0.3) is 0 Å². The number of aromatic nitrogens is 1. The number of halogens is 2. The average molecular weight is 244 g/mol. The van der Waals surface area contributed by atoms with Crippen LogP contribution in [0.2, 0.25) is 5.02 Å². The number of piperazine rings is 1. The van der Waals surface area contributed by atoms with Crippen molar-refractivity contribution in [1.82, 2.24) is 10.3 Å². The SMILES string of the molecule is O=C1CN(c2ncc(Cl)cc2F)CC(=O)N1. The summed E-state index contributed by atoms with van der Waals surface area (Å²) in [6.07, 6.45) is 1.26. The standard InChI is InChI=1S/C9H7ClFN3O2/c10-5-1-6(11)9(12-2-5)14-3-7(15)13-8(16)4-14/h1-2H,3-4H2,(H,13,15,16). The number of nitrogens with zero attached hydrogens (tertiary/aromatic N) is 2. The summed E-state index contributed by atoms with van der Waals surface area (Å²) < 4.78 is 13.5. The van der Waals surface area contributed by atoms with Crippen molar-refractivity contribution in [2.45, 2.75) is 0 Å². The maximum atomic E-state index is 13.5. The number of carbonyl (C=O) groups is 2. The molecular formula is C9H7ClFN3O2. The minimum Gasteiger partial charge on any atom is -0.336 e. The van der Waals surface area contributed by atoms with Crippen LogP contribution < -0.4 is 10.2 Å². The molecule has 1 aliphatic rings. The smallest absolute Gasteiger partial charge is 0.246 e. The summed E-state index contributed by atoms with van der Waals surface area (Å²) in [4.78, 5) is 27.2. The van der Waals surface area contributed by atoms with Crippen LogP contribution in [0, 0.1) is 5.82 Å². The van der Waals surface area contributed by atoms with Crippen LogP contribution in [0.3, 0.4) is 0 Å². The van der Waals surface area contributed by atoms with E-state index in [4.69, 9.17) is 11.6 Å². The van der Waals surface area contributed by atoms with E-state index in [1.54, 1.807) is 0 Å². The molecule has 0 radical (unpaired) electrons. The Morgan fingerprint density at radius 2 is 2.00 bits per heavy atom. The van der Waals surface area contributed by atoms with Gasteiger partial charge in [-0.1, -0.05) is 11.6 Å². The lowest BCUT2D eigenvalue weighted by molar-refractivity contribution is -0.130. The number of amides is 2. The van der Waals surface area contributed by atoms with E-state index in [1.165, 1.54) is 11.1 Å². The molecule has 2 heterocycles. The molecule has 1 saturated heterocycles. The molecule has 0 bridgehead atoms. The molecule has 0 saturated carbocycles. The molecule has 0 spiro atoms. The molecule has 0 aliphatic carbocycles. The quantitative estimate of drug-likeness (QED) is 0.723. The normalized spacial score (nSPS) is 16.2. The summed E-state index contributed by atoms with van der Waals surface area (Å²) in [6.45, 7) is -0.200. The summed E-state index contributed by atoms with van der Waals surface area (Å²) in [5.74, 6) is -1.66. The van der Waals surface area contributed by atoms with Crippen LogP contribution in [-0.2, 0) is 9.59 Å². The van der Waals surface area contributed by atoms with Gasteiger partial charge in [-0.15, -0.1) is 0 Å². The second kappa shape index (κ2) is 4.05. The summed E-state index contributed by atoms with van der Waals surface area (Å²) in [6, 6.07) is 1.08. The maximum absolute atomic E-state index is 13.5. The molecule has 0 atom stereocenters. The van der Waals surface area contributed by atoms with Crippen molar-refractivity contribution in [3.63, 3.8) is 0 Å². The Balaban J connectivity index is 2.29. The zero-order valence-electron chi connectivity index (χ0n) is 8.04. The molecule has 84 valence electrons. The number of pyridine rings is 1. The van der Waals surface area contributed by atoms with E-state index in [2.05, 4.69) is 10.3 Å². The highest BCUT2D eigenvalue weighted by Crippen LogP contribution is 2.19. The molecule has 16 heavy (non-hydrogen) atoms. The molecule has 2 amide bonds. The Morgan fingerprint density at radius 1 is 1.38 bits per heavy atom. The van der Waals surface area contributed by atoms with Crippen LogP contribution in [0.5, 0.6) is 0 Å². The zero-order valence-corrected chi connectivity index (χ0v) is 8.79. The Kier molecular flexibility index (Phi) is 2.74. The molecule has 0 unspecified atom stereocenters. The van der Waals surface area contributed by atoms with Gasteiger partial charge in [-0.3, -0.25) is 14.9 Å². The first-order chi connectivity index (χ1) is 7.56. The highest BCUT2D eigenvalue weighted by Gasteiger charge is 2.25. The molecule has 1 aromatic rings. The van der Waals surface area contributed by atoms with Crippen molar-refractivity contribution < 1.29 is 14.0 Å². The molecule has 1 aromatic heterocycles. The molecule has 2 rings (SSSR count). The number of anilines is 1. The number of hydrogen-bond acceptors (Lipinski definition) is 4. The van der Waals surface area contributed by atoms with Gasteiger partial charge < -0.3 is 4.90 Å². The number of carbonyl (C=O) groups excluding carboxylic acids is 2. The van der Waals surface area contributed by atoms with Gasteiger partial charge >= 0.3 is 0 Å². The molecule has 7 heteroatoms. The van der Waals surface area contributed by atoms with Gasteiger partial charge in [-0.2, -0.15) is 0 Å². The van der Waals surface area contributed by atoms with Crippen molar-refractivity contribution in [3.05, 3.63) is 23.1 Å². The third kappa shape index (κ3) is 2.11. The van der Waals surface area contributed by atoms with Gasteiger partial charge in [0.05, 0.1) is 18.1 Å². The van der Waals surface area contributed by atoms with Crippen LogP contribution in [0.15, 0.2) is 12.3 Å². The average Bonchev–Trinajstić information content (AvgIpc) is 2.15. The Bertz CT molecular complexity index is 450. The number of nitrogens with one attached hydrogen (secondary N) is 1. The van der Waals surface area contributed by atoms with Crippen molar-refractivity contribution >= 4 is 29.2 Å². The van der Waals surface area contributed by atoms with Crippen LogP contribution in [0.4, 0.5) is 10.2 Å². The van der Waals surface area contributed by atoms with Crippen LogP contribution in [-0.4, -0.2) is 29.9 Å². The first-order valence-corrected chi connectivity index (χ1v) is 4.83. The van der Waals surface area contributed by atoms with Gasteiger partial charge in [-0.25, -0.2) is 9.37 Å². The van der Waals surface area contributed by atoms with Crippen molar-refractivity contribution in [2.75, 3.05) is 18.0 Å². The molecule has 1 aliphatic heterocycles. The van der Waals surface area contributed by atoms with E-state index in [9.17, 15) is 14.0 Å². The topological polar surface area (TPSA) is 62.3 Å². The molecule has 0 aromatic carbocycles. The Hall–Kier alpha value is -1.69. The number of imide groups is 1. The van der Waals surface area contributed by atoms with Crippen LogP contribution >= 0.6 is 11.6 Å². The van der Waals surface area contributed by atoms with E-state index >= 15 is 0 Å². The Morgan fingerprint density at radius 3 is 2.56 bits per heavy atom. The first kappa shape index (κ1) is 10.8. The van der Waals surface area contributed by atoms with Gasteiger partial charge in [0.25, 0.3) is 0 Å². The fourth-order valence-corrected chi connectivity index (χ4v) is 1.57. The second-order valence-electron chi connectivity index (χ2n) is 3.29. The summed E-state index contributed by atoms with van der Waals surface area (Å²) in [7, 11) is 0. The van der Waals surface area contributed by atoms with Gasteiger partial charge in [-0.05, 0) is 6.07 Å².